The highest BCUT2D eigenvalue weighted by Gasteiger charge is 2.10. The zero-order valence-corrected chi connectivity index (χ0v) is 11.0. The van der Waals surface area contributed by atoms with Crippen molar-refractivity contribution in [3.05, 3.63) is 53.1 Å². The van der Waals surface area contributed by atoms with Gasteiger partial charge in [-0.25, -0.2) is 9.97 Å². The van der Waals surface area contributed by atoms with Gasteiger partial charge in [-0.1, -0.05) is 29.8 Å². The third kappa shape index (κ3) is 3.49. The molecule has 19 heavy (non-hydrogen) atoms. The Morgan fingerprint density at radius 1 is 1.32 bits per heavy atom. The second kappa shape index (κ2) is 6.26. The molecule has 0 radical (unpaired) electrons. The molecule has 1 aromatic carbocycles. The van der Waals surface area contributed by atoms with Gasteiger partial charge >= 0.3 is 0 Å². The maximum absolute atomic E-state index is 12.0. The standard InChI is InChI=1S/C13H12ClN3O2/c1-19-8-9-4-2-3-5-10(9)17-13(18)11-6-16-12(14)7-15-11/h2-7H,8H2,1H3,(H,17,18). The first-order chi connectivity index (χ1) is 9.20. The molecule has 1 aromatic heterocycles. The molecule has 2 aromatic rings. The summed E-state index contributed by atoms with van der Waals surface area (Å²) in [4.78, 5) is 19.7. The predicted octanol–water partition coefficient (Wildman–Crippen LogP) is 2.53. The molecule has 98 valence electrons. The molecule has 0 aliphatic heterocycles. The highest BCUT2D eigenvalue weighted by Crippen LogP contribution is 2.16. The molecule has 0 saturated heterocycles. The number of aromatic nitrogens is 2. The first-order valence-corrected chi connectivity index (χ1v) is 5.94. The molecule has 0 spiro atoms. The summed E-state index contributed by atoms with van der Waals surface area (Å²) in [6.45, 7) is 0.419. The quantitative estimate of drug-likeness (QED) is 0.933. The lowest BCUT2D eigenvalue weighted by atomic mass is 10.2. The van der Waals surface area contributed by atoms with Gasteiger partial charge in [-0.15, -0.1) is 0 Å². The molecule has 0 aliphatic carbocycles. The van der Waals surface area contributed by atoms with Crippen LogP contribution in [0.3, 0.4) is 0 Å². The highest BCUT2D eigenvalue weighted by atomic mass is 35.5. The van der Waals surface area contributed by atoms with Crippen molar-refractivity contribution in [2.45, 2.75) is 6.61 Å². The van der Waals surface area contributed by atoms with Crippen LogP contribution in [0.25, 0.3) is 0 Å². The molecule has 0 bridgehead atoms. The Bertz CT molecular complexity index is 572. The maximum Gasteiger partial charge on any atom is 0.275 e. The van der Waals surface area contributed by atoms with Gasteiger partial charge in [-0.2, -0.15) is 0 Å². The fourth-order valence-corrected chi connectivity index (χ4v) is 1.64. The Morgan fingerprint density at radius 3 is 2.79 bits per heavy atom. The van der Waals surface area contributed by atoms with Crippen LogP contribution in [0, 0.1) is 0 Å². The van der Waals surface area contributed by atoms with E-state index in [0.717, 1.165) is 5.56 Å². The molecule has 0 aliphatic rings. The molecule has 1 N–H and O–H groups in total. The van der Waals surface area contributed by atoms with Crippen LogP contribution in [0.5, 0.6) is 0 Å². The summed E-state index contributed by atoms with van der Waals surface area (Å²) < 4.78 is 5.07. The lowest BCUT2D eigenvalue weighted by molar-refractivity contribution is 0.102. The van der Waals surface area contributed by atoms with Crippen molar-refractivity contribution in [1.29, 1.82) is 0 Å². The van der Waals surface area contributed by atoms with Crippen LogP contribution in [0.1, 0.15) is 16.1 Å². The van der Waals surface area contributed by atoms with Crippen molar-refractivity contribution in [3.63, 3.8) is 0 Å². The van der Waals surface area contributed by atoms with E-state index in [1.54, 1.807) is 13.2 Å². The second-order valence-corrected chi connectivity index (χ2v) is 4.16. The Kier molecular flexibility index (Phi) is 4.43. The monoisotopic (exact) mass is 277 g/mol. The van der Waals surface area contributed by atoms with E-state index in [0.29, 0.717) is 12.3 Å². The minimum absolute atomic E-state index is 0.205. The minimum Gasteiger partial charge on any atom is -0.380 e. The number of carbonyl (C=O) groups is 1. The number of ether oxygens (including phenoxy) is 1. The van der Waals surface area contributed by atoms with Crippen molar-refractivity contribution in [2.24, 2.45) is 0 Å². The van der Waals surface area contributed by atoms with Crippen LogP contribution in [0.4, 0.5) is 5.69 Å². The zero-order chi connectivity index (χ0) is 13.7. The van der Waals surface area contributed by atoms with Gasteiger partial charge in [0.1, 0.15) is 10.8 Å². The summed E-state index contributed by atoms with van der Waals surface area (Å²) in [7, 11) is 1.60. The Hall–Kier alpha value is -1.98. The van der Waals surface area contributed by atoms with Gasteiger partial charge in [0.2, 0.25) is 0 Å². The molecular weight excluding hydrogens is 266 g/mol. The van der Waals surface area contributed by atoms with Crippen LogP contribution in [-0.4, -0.2) is 23.0 Å². The Balaban J connectivity index is 2.16. The van der Waals surface area contributed by atoms with Crippen molar-refractivity contribution in [3.8, 4) is 0 Å². The summed E-state index contributed by atoms with van der Waals surface area (Å²) in [5, 5.41) is 3.01. The number of amides is 1. The largest absolute Gasteiger partial charge is 0.380 e. The fourth-order valence-electron chi connectivity index (χ4n) is 1.54. The van der Waals surface area contributed by atoms with Crippen LogP contribution < -0.4 is 5.32 Å². The average molecular weight is 278 g/mol. The number of nitrogens with one attached hydrogen (secondary N) is 1. The first-order valence-electron chi connectivity index (χ1n) is 5.56. The normalized spacial score (nSPS) is 10.2. The number of benzene rings is 1. The first kappa shape index (κ1) is 13.5. The molecule has 1 amide bonds. The van der Waals surface area contributed by atoms with Gasteiger partial charge in [-0.05, 0) is 6.07 Å². The van der Waals surface area contributed by atoms with E-state index in [-0.39, 0.29) is 16.8 Å². The van der Waals surface area contributed by atoms with E-state index in [4.69, 9.17) is 16.3 Å². The Morgan fingerprint density at radius 2 is 2.11 bits per heavy atom. The van der Waals surface area contributed by atoms with Crippen molar-refractivity contribution in [1.82, 2.24) is 9.97 Å². The van der Waals surface area contributed by atoms with E-state index in [1.165, 1.54) is 12.4 Å². The number of hydrogen-bond acceptors (Lipinski definition) is 4. The average Bonchev–Trinajstić information content (AvgIpc) is 2.42. The summed E-state index contributed by atoms with van der Waals surface area (Å²) in [6.07, 6.45) is 2.66. The van der Waals surface area contributed by atoms with Crippen molar-refractivity contribution in [2.75, 3.05) is 12.4 Å². The molecule has 0 fully saturated rings. The topological polar surface area (TPSA) is 64.1 Å². The van der Waals surface area contributed by atoms with Crippen molar-refractivity contribution >= 4 is 23.2 Å². The van der Waals surface area contributed by atoms with Gasteiger partial charge in [0.05, 0.1) is 19.0 Å². The molecular formula is C13H12ClN3O2. The molecule has 0 atom stereocenters. The van der Waals surface area contributed by atoms with Crippen LogP contribution in [-0.2, 0) is 11.3 Å². The molecule has 5 nitrogen and oxygen atoms in total. The number of nitrogens with zero attached hydrogens (tertiary/aromatic N) is 2. The predicted molar refractivity (Wildman–Crippen MR) is 72.2 cm³/mol. The zero-order valence-electron chi connectivity index (χ0n) is 10.3. The van der Waals surface area contributed by atoms with Crippen LogP contribution in [0.2, 0.25) is 5.15 Å². The number of methoxy groups -OCH3 is 1. The molecule has 0 unspecified atom stereocenters. The molecule has 1 heterocycles. The SMILES string of the molecule is COCc1ccccc1NC(=O)c1cnc(Cl)cn1. The molecule has 0 saturated carbocycles. The van der Waals surface area contributed by atoms with E-state index in [1.807, 2.05) is 18.2 Å². The minimum atomic E-state index is -0.340. The summed E-state index contributed by atoms with van der Waals surface area (Å²) in [6, 6.07) is 7.40. The Labute approximate surface area is 115 Å². The lowest BCUT2D eigenvalue weighted by Crippen LogP contribution is -2.15. The molecule has 6 heteroatoms. The smallest absolute Gasteiger partial charge is 0.275 e. The van der Waals surface area contributed by atoms with E-state index in [9.17, 15) is 4.79 Å². The molecule has 2 rings (SSSR count). The second-order valence-electron chi connectivity index (χ2n) is 3.77. The highest BCUT2D eigenvalue weighted by molar-refractivity contribution is 6.29. The number of halogens is 1. The van der Waals surface area contributed by atoms with E-state index >= 15 is 0 Å². The number of anilines is 1. The third-order valence-electron chi connectivity index (χ3n) is 2.42. The number of para-hydroxylation sites is 1. The third-order valence-corrected chi connectivity index (χ3v) is 2.61. The van der Waals surface area contributed by atoms with Gasteiger partial charge in [-0.3, -0.25) is 4.79 Å². The summed E-state index contributed by atoms with van der Waals surface area (Å²) >= 11 is 5.62. The van der Waals surface area contributed by atoms with Crippen LogP contribution >= 0.6 is 11.6 Å². The number of hydrogen-bond donors (Lipinski definition) is 1. The van der Waals surface area contributed by atoms with Gasteiger partial charge in [0, 0.05) is 18.4 Å². The van der Waals surface area contributed by atoms with Gasteiger partial charge < -0.3 is 10.1 Å². The van der Waals surface area contributed by atoms with E-state index in [2.05, 4.69) is 15.3 Å². The fraction of sp³-hybridized carbons (Fsp3) is 0.154. The summed E-state index contributed by atoms with van der Waals surface area (Å²) in [5.41, 5.74) is 1.78. The number of rotatable bonds is 4. The van der Waals surface area contributed by atoms with E-state index < -0.39 is 0 Å². The maximum atomic E-state index is 12.0. The summed E-state index contributed by atoms with van der Waals surface area (Å²) in [5.74, 6) is -0.340. The number of carbonyl (C=O) groups excluding carboxylic acids is 1. The lowest BCUT2D eigenvalue weighted by Gasteiger charge is -2.09. The van der Waals surface area contributed by atoms with Crippen LogP contribution in [0.15, 0.2) is 36.7 Å². The van der Waals surface area contributed by atoms with Gasteiger partial charge in [0.25, 0.3) is 5.91 Å². The van der Waals surface area contributed by atoms with Crippen molar-refractivity contribution < 1.29 is 9.53 Å². The van der Waals surface area contributed by atoms with Gasteiger partial charge in [0.15, 0.2) is 0 Å².